The predicted octanol–water partition coefficient (Wildman–Crippen LogP) is 0.325. The Morgan fingerprint density at radius 2 is 2.14 bits per heavy atom. The molecule has 0 aliphatic carbocycles. The lowest BCUT2D eigenvalue weighted by molar-refractivity contribution is -0.105. The van der Waals surface area contributed by atoms with E-state index in [1.807, 2.05) is 0 Å². The maximum atomic E-state index is 10.7. The van der Waals surface area contributed by atoms with Gasteiger partial charge in [0.1, 0.15) is 6.29 Å². The zero-order chi connectivity index (χ0) is 10.6. The molecule has 0 saturated carbocycles. The highest BCUT2D eigenvalue weighted by Crippen LogP contribution is 2.07. The van der Waals surface area contributed by atoms with Gasteiger partial charge in [0.05, 0.1) is 0 Å². The van der Waals surface area contributed by atoms with Crippen LogP contribution in [-0.2, 0) is 4.79 Å². The van der Waals surface area contributed by atoms with Crippen molar-refractivity contribution < 1.29 is 4.79 Å². The average molecular weight is 197 g/mol. The molecule has 4 heteroatoms. The summed E-state index contributed by atoms with van der Waals surface area (Å²) in [5.41, 5.74) is 8.11. The Labute approximate surface area is 85.1 Å². The molecule has 0 fully saturated rings. The fraction of sp³-hybridized carbons (Fsp3) is 0.700. The van der Waals surface area contributed by atoms with E-state index >= 15 is 0 Å². The maximum absolute atomic E-state index is 10.7. The smallest absolute Gasteiger partial charge is 0.149 e. The largest absolute Gasteiger partial charge is 0.325 e. The lowest BCUT2D eigenvalue weighted by Gasteiger charge is -2.26. The van der Waals surface area contributed by atoms with E-state index in [1.165, 1.54) is 0 Å². The Morgan fingerprint density at radius 3 is 2.71 bits per heavy atom. The zero-order valence-corrected chi connectivity index (χ0v) is 9.11. The van der Waals surface area contributed by atoms with Crippen molar-refractivity contribution in [3.05, 3.63) is 11.3 Å². The number of hydrogen-bond acceptors (Lipinski definition) is 4. The van der Waals surface area contributed by atoms with Crippen molar-refractivity contribution in [2.75, 3.05) is 13.1 Å². The van der Waals surface area contributed by atoms with Crippen LogP contribution in [0.25, 0.3) is 0 Å². The highest BCUT2D eigenvalue weighted by atomic mass is 16.1. The highest BCUT2D eigenvalue weighted by molar-refractivity contribution is 5.75. The van der Waals surface area contributed by atoms with Gasteiger partial charge in [0, 0.05) is 36.3 Å². The first-order chi connectivity index (χ1) is 6.53. The van der Waals surface area contributed by atoms with Gasteiger partial charge in [0.2, 0.25) is 0 Å². The van der Waals surface area contributed by atoms with Crippen molar-refractivity contribution in [2.24, 2.45) is 0 Å². The van der Waals surface area contributed by atoms with Crippen LogP contribution in [0.4, 0.5) is 0 Å². The third kappa shape index (κ3) is 3.47. The van der Waals surface area contributed by atoms with E-state index in [4.69, 9.17) is 0 Å². The SMILES string of the molecule is CC(C)(C)NNC1=C(C=O)CNCC1. The number of nitrogens with one attached hydrogen (secondary N) is 3. The molecule has 4 nitrogen and oxygen atoms in total. The summed E-state index contributed by atoms with van der Waals surface area (Å²) >= 11 is 0. The summed E-state index contributed by atoms with van der Waals surface area (Å²) in [6.45, 7) is 7.80. The molecular weight excluding hydrogens is 178 g/mol. The Morgan fingerprint density at radius 1 is 1.43 bits per heavy atom. The van der Waals surface area contributed by atoms with Crippen molar-refractivity contribution >= 4 is 6.29 Å². The van der Waals surface area contributed by atoms with Gasteiger partial charge in [-0.1, -0.05) is 0 Å². The lowest BCUT2D eigenvalue weighted by atomic mass is 10.1. The van der Waals surface area contributed by atoms with E-state index in [2.05, 4.69) is 36.9 Å². The topological polar surface area (TPSA) is 53.2 Å². The number of hydrogen-bond donors (Lipinski definition) is 3. The van der Waals surface area contributed by atoms with Gasteiger partial charge in [0.25, 0.3) is 0 Å². The number of carbonyl (C=O) groups is 1. The van der Waals surface area contributed by atoms with E-state index in [0.717, 1.165) is 30.5 Å². The Hall–Kier alpha value is -0.870. The first kappa shape index (κ1) is 11.2. The molecule has 0 unspecified atom stereocenters. The van der Waals surface area contributed by atoms with E-state index < -0.39 is 0 Å². The second-order valence-electron chi connectivity index (χ2n) is 4.55. The molecule has 0 aromatic rings. The minimum absolute atomic E-state index is 0.00582. The van der Waals surface area contributed by atoms with E-state index in [1.54, 1.807) is 0 Å². The summed E-state index contributed by atoms with van der Waals surface area (Å²) in [7, 11) is 0. The van der Waals surface area contributed by atoms with Crippen LogP contribution < -0.4 is 16.2 Å². The van der Waals surface area contributed by atoms with Crippen molar-refractivity contribution in [2.45, 2.75) is 32.7 Å². The fourth-order valence-corrected chi connectivity index (χ4v) is 1.22. The molecule has 1 rings (SSSR count). The molecule has 1 heterocycles. The predicted molar refractivity (Wildman–Crippen MR) is 56.6 cm³/mol. The number of hydrazine groups is 1. The minimum Gasteiger partial charge on any atom is -0.325 e. The van der Waals surface area contributed by atoms with Crippen LogP contribution in [0.3, 0.4) is 0 Å². The fourth-order valence-electron chi connectivity index (χ4n) is 1.22. The normalized spacial score (nSPS) is 18.2. The van der Waals surface area contributed by atoms with E-state index in [0.29, 0.717) is 6.54 Å². The van der Waals surface area contributed by atoms with Gasteiger partial charge in [-0.3, -0.25) is 4.79 Å². The lowest BCUT2D eigenvalue weighted by Crippen LogP contribution is -2.47. The van der Waals surface area contributed by atoms with Gasteiger partial charge in [-0.05, 0) is 20.8 Å². The molecular formula is C10H19N3O. The van der Waals surface area contributed by atoms with Crippen LogP contribution in [0.15, 0.2) is 11.3 Å². The first-order valence-electron chi connectivity index (χ1n) is 4.94. The van der Waals surface area contributed by atoms with Gasteiger partial charge in [0.15, 0.2) is 0 Å². The van der Waals surface area contributed by atoms with Crippen molar-refractivity contribution in [3.8, 4) is 0 Å². The van der Waals surface area contributed by atoms with Gasteiger partial charge < -0.3 is 10.7 Å². The summed E-state index contributed by atoms with van der Waals surface area (Å²) in [5.74, 6) is 0. The van der Waals surface area contributed by atoms with Gasteiger partial charge in [-0.15, -0.1) is 0 Å². The Bertz CT molecular complexity index is 240. The van der Waals surface area contributed by atoms with Gasteiger partial charge in [-0.2, -0.15) is 0 Å². The molecule has 0 radical (unpaired) electrons. The van der Waals surface area contributed by atoms with Crippen LogP contribution in [0.5, 0.6) is 0 Å². The summed E-state index contributed by atoms with van der Waals surface area (Å²) in [4.78, 5) is 10.7. The van der Waals surface area contributed by atoms with Gasteiger partial charge >= 0.3 is 0 Å². The average Bonchev–Trinajstić information content (AvgIpc) is 2.14. The standard InChI is InChI=1S/C10H19N3O/c1-10(2,3)13-12-9-4-5-11-6-8(9)7-14/h7,11-13H,4-6H2,1-3H3. The third-order valence-electron chi connectivity index (χ3n) is 1.99. The summed E-state index contributed by atoms with van der Waals surface area (Å²) < 4.78 is 0. The summed E-state index contributed by atoms with van der Waals surface area (Å²) in [6.07, 6.45) is 1.79. The quantitative estimate of drug-likeness (QED) is 0.451. The van der Waals surface area contributed by atoms with Crippen LogP contribution >= 0.6 is 0 Å². The molecule has 0 bridgehead atoms. The van der Waals surface area contributed by atoms with Crippen LogP contribution in [0.1, 0.15) is 27.2 Å². The number of carbonyl (C=O) groups excluding carboxylic acids is 1. The summed E-state index contributed by atoms with van der Waals surface area (Å²) in [5, 5.41) is 3.16. The second kappa shape index (κ2) is 4.57. The van der Waals surface area contributed by atoms with Gasteiger partial charge in [-0.25, -0.2) is 5.43 Å². The van der Waals surface area contributed by atoms with Crippen molar-refractivity contribution in [1.82, 2.24) is 16.2 Å². The molecule has 0 amide bonds. The molecule has 14 heavy (non-hydrogen) atoms. The molecule has 1 aliphatic rings. The highest BCUT2D eigenvalue weighted by Gasteiger charge is 2.14. The third-order valence-corrected chi connectivity index (χ3v) is 1.99. The monoisotopic (exact) mass is 197 g/mol. The van der Waals surface area contributed by atoms with E-state index in [-0.39, 0.29) is 5.54 Å². The Kier molecular flexibility index (Phi) is 3.66. The molecule has 1 aliphatic heterocycles. The number of rotatable bonds is 3. The molecule has 0 atom stereocenters. The van der Waals surface area contributed by atoms with Crippen LogP contribution in [0, 0.1) is 0 Å². The van der Waals surface area contributed by atoms with Crippen LogP contribution in [-0.4, -0.2) is 24.9 Å². The first-order valence-corrected chi connectivity index (χ1v) is 4.94. The molecule has 0 aromatic carbocycles. The zero-order valence-electron chi connectivity index (χ0n) is 9.11. The molecule has 80 valence electrons. The number of aldehydes is 1. The molecule has 0 aromatic heterocycles. The minimum atomic E-state index is 0.00582. The second-order valence-corrected chi connectivity index (χ2v) is 4.55. The molecule has 0 spiro atoms. The Balaban J connectivity index is 2.56. The van der Waals surface area contributed by atoms with E-state index in [9.17, 15) is 4.79 Å². The maximum Gasteiger partial charge on any atom is 0.149 e. The van der Waals surface area contributed by atoms with Crippen LogP contribution in [0.2, 0.25) is 0 Å². The molecule has 0 saturated heterocycles. The summed E-state index contributed by atoms with van der Waals surface area (Å²) in [6, 6.07) is 0. The molecule has 3 N–H and O–H groups in total. The van der Waals surface area contributed by atoms with Crippen molar-refractivity contribution in [3.63, 3.8) is 0 Å². The van der Waals surface area contributed by atoms with Crippen molar-refractivity contribution in [1.29, 1.82) is 0 Å².